The second kappa shape index (κ2) is 6.99. The van der Waals surface area contributed by atoms with E-state index in [2.05, 4.69) is 5.32 Å². The summed E-state index contributed by atoms with van der Waals surface area (Å²) < 4.78 is 18.0. The van der Waals surface area contributed by atoms with Crippen LogP contribution in [0.15, 0.2) is 18.2 Å². The van der Waals surface area contributed by atoms with Crippen LogP contribution in [0.1, 0.15) is 29.3 Å². The zero-order chi connectivity index (χ0) is 14.4. The van der Waals surface area contributed by atoms with Crippen molar-refractivity contribution in [3.8, 4) is 0 Å². The summed E-state index contributed by atoms with van der Waals surface area (Å²) in [4.78, 5) is 23.6. The molecule has 5 heteroatoms. The minimum Gasteiger partial charge on any atom is -0.466 e. The number of nitrogens with one attached hydrogen (secondary N) is 1. The first-order valence-corrected chi connectivity index (χ1v) is 6.12. The Morgan fingerprint density at radius 3 is 2.63 bits per heavy atom. The maximum absolute atomic E-state index is 13.2. The Kier molecular flexibility index (Phi) is 5.63. The van der Waals surface area contributed by atoms with Crippen molar-refractivity contribution in [3.05, 3.63) is 35.1 Å². The Labute approximate surface area is 112 Å². The van der Waals surface area contributed by atoms with Crippen LogP contribution in [0.2, 0.25) is 0 Å². The normalized spacial score (nSPS) is 12.0. The van der Waals surface area contributed by atoms with Crippen LogP contribution < -0.4 is 5.32 Å². The van der Waals surface area contributed by atoms with Gasteiger partial charge < -0.3 is 10.1 Å². The smallest absolute Gasteiger partial charge is 0.307 e. The molecule has 0 amide bonds. The van der Waals surface area contributed by atoms with Gasteiger partial charge in [0.05, 0.1) is 19.1 Å². The number of hydrogen-bond donors (Lipinski definition) is 1. The van der Waals surface area contributed by atoms with Crippen molar-refractivity contribution >= 4 is 11.8 Å². The lowest BCUT2D eigenvalue weighted by Crippen LogP contribution is -2.36. The van der Waals surface area contributed by atoms with Gasteiger partial charge in [-0.25, -0.2) is 4.39 Å². The monoisotopic (exact) mass is 267 g/mol. The minimum absolute atomic E-state index is 0.0421. The van der Waals surface area contributed by atoms with Crippen LogP contribution in [-0.2, 0) is 9.53 Å². The maximum Gasteiger partial charge on any atom is 0.307 e. The van der Waals surface area contributed by atoms with E-state index in [4.69, 9.17) is 4.74 Å². The summed E-state index contributed by atoms with van der Waals surface area (Å²) in [6.07, 6.45) is -0.0421. The van der Waals surface area contributed by atoms with Crippen LogP contribution in [-0.4, -0.2) is 31.4 Å². The summed E-state index contributed by atoms with van der Waals surface area (Å²) in [5, 5.41) is 2.78. The van der Waals surface area contributed by atoms with Crippen LogP contribution >= 0.6 is 0 Å². The highest BCUT2D eigenvalue weighted by molar-refractivity contribution is 6.01. The van der Waals surface area contributed by atoms with Gasteiger partial charge in [-0.2, -0.15) is 0 Å². The molecule has 1 atom stereocenters. The predicted molar refractivity (Wildman–Crippen MR) is 69.6 cm³/mol. The highest BCUT2D eigenvalue weighted by Crippen LogP contribution is 2.12. The highest BCUT2D eigenvalue weighted by atomic mass is 19.1. The number of Topliss-reactive ketones (excluding diaryl/α,β-unsaturated/α-hetero) is 1. The number of esters is 1. The summed E-state index contributed by atoms with van der Waals surface area (Å²) >= 11 is 0. The van der Waals surface area contributed by atoms with Crippen molar-refractivity contribution in [2.24, 2.45) is 0 Å². The van der Waals surface area contributed by atoms with E-state index in [-0.39, 0.29) is 24.6 Å². The van der Waals surface area contributed by atoms with Crippen LogP contribution in [0.5, 0.6) is 0 Å². The number of carbonyl (C=O) groups is 2. The molecule has 4 nitrogen and oxygen atoms in total. The fourth-order valence-corrected chi connectivity index (χ4v) is 1.71. The Hall–Kier alpha value is -1.75. The fourth-order valence-electron chi connectivity index (χ4n) is 1.71. The molecule has 0 radical (unpaired) electrons. The Morgan fingerprint density at radius 2 is 2.11 bits per heavy atom. The van der Waals surface area contributed by atoms with Gasteiger partial charge >= 0.3 is 5.97 Å². The molecule has 19 heavy (non-hydrogen) atoms. The molecule has 0 fully saturated rings. The fraction of sp³-hybridized carbons (Fsp3) is 0.429. The van der Waals surface area contributed by atoms with Gasteiger partial charge in [-0.05, 0) is 44.7 Å². The molecule has 104 valence electrons. The first-order chi connectivity index (χ1) is 8.99. The summed E-state index contributed by atoms with van der Waals surface area (Å²) in [5.74, 6) is -1.05. The average molecular weight is 267 g/mol. The van der Waals surface area contributed by atoms with E-state index in [1.165, 1.54) is 18.2 Å². The van der Waals surface area contributed by atoms with Crippen LogP contribution in [0.25, 0.3) is 0 Å². The van der Waals surface area contributed by atoms with Crippen molar-refractivity contribution in [1.82, 2.24) is 5.32 Å². The number of hydrogen-bond acceptors (Lipinski definition) is 4. The summed E-state index contributed by atoms with van der Waals surface area (Å²) in [5.41, 5.74) is 0.777. The first-order valence-electron chi connectivity index (χ1n) is 6.12. The topological polar surface area (TPSA) is 55.4 Å². The van der Waals surface area contributed by atoms with Gasteiger partial charge in [-0.1, -0.05) is 0 Å². The van der Waals surface area contributed by atoms with Crippen LogP contribution in [0, 0.1) is 12.7 Å². The average Bonchev–Trinajstić information content (AvgIpc) is 2.38. The van der Waals surface area contributed by atoms with Gasteiger partial charge in [0.1, 0.15) is 5.82 Å². The van der Waals surface area contributed by atoms with Crippen LogP contribution in [0.3, 0.4) is 0 Å². The number of rotatable bonds is 6. The molecule has 1 rings (SSSR count). The number of halogens is 1. The second-order valence-electron chi connectivity index (χ2n) is 4.18. The molecule has 0 aromatic heterocycles. The van der Waals surface area contributed by atoms with Gasteiger partial charge in [0.15, 0.2) is 5.78 Å². The van der Waals surface area contributed by atoms with E-state index in [9.17, 15) is 14.0 Å². The van der Waals surface area contributed by atoms with Crippen molar-refractivity contribution in [2.75, 3.05) is 13.7 Å². The Bertz CT molecular complexity index is 474. The van der Waals surface area contributed by atoms with E-state index in [0.29, 0.717) is 11.1 Å². The van der Waals surface area contributed by atoms with Crippen molar-refractivity contribution in [1.29, 1.82) is 0 Å². The highest BCUT2D eigenvalue weighted by Gasteiger charge is 2.22. The second-order valence-corrected chi connectivity index (χ2v) is 4.18. The standard InChI is InChI=1S/C14H18FNO3/c1-4-19-13(17)8-12(16-3)14(18)10-5-6-11(15)9(2)7-10/h5-7,12,16H,4,8H2,1-3H3. The lowest BCUT2D eigenvalue weighted by Gasteiger charge is -2.14. The number of ketones is 1. The van der Waals surface area contributed by atoms with Crippen LogP contribution in [0.4, 0.5) is 4.39 Å². The third-order valence-corrected chi connectivity index (χ3v) is 2.78. The minimum atomic E-state index is -0.663. The summed E-state index contributed by atoms with van der Waals surface area (Å²) in [7, 11) is 1.60. The quantitative estimate of drug-likeness (QED) is 0.631. The van der Waals surface area contributed by atoms with E-state index in [1.807, 2.05) is 0 Å². The molecular weight excluding hydrogens is 249 g/mol. The summed E-state index contributed by atoms with van der Waals surface area (Å²) in [6.45, 7) is 3.57. The molecule has 0 spiro atoms. The Balaban J connectivity index is 2.83. The third-order valence-electron chi connectivity index (χ3n) is 2.78. The van der Waals surface area contributed by atoms with E-state index >= 15 is 0 Å². The molecular formula is C14H18FNO3. The number of benzene rings is 1. The summed E-state index contributed by atoms with van der Waals surface area (Å²) in [6, 6.07) is 3.48. The molecule has 0 aliphatic carbocycles. The molecule has 0 aliphatic rings. The van der Waals surface area contributed by atoms with Gasteiger partial charge in [0.25, 0.3) is 0 Å². The van der Waals surface area contributed by atoms with E-state index < -0.39 is 12.0 Å². The predicted octanol–water partition coefficient (Wildman–Crippen LogP) is 1.86. The molecule has 0 heterocycles. The maximum atomic E-state index is 13.2. The SMILES string of the molecule is CCOC(=O)CC(NC)C(=O)c1ccc(F)c(C)c1. The number of ether oxygens (including phenoxy) is 1. The lowest BCUT2D eigenvalue weighted by molar-refractivity contribution is -0.143. The van der Waals surface area contributed by atoms with Gasteiger partial charge in [0.2, 0.25) is 0 Å². The van der Waals surface area contributed by atoms with E-state index in [0.717, 1.165) is 0 Å². The molecule has 1 unspecified atom stereocenters. The van der Waals surface area contributed by atoms with Crippen molar-refractivity contribution in [3.63, 3.8) is 0 Å². The largest absolute Gasteiger partial charge is 0.466 e. The van der Waals surface area contributed by atoms with Gasteiger partial charge in [-0.3, -0.25) is 9.59 Å². The molecule has 0 bridgehead atoms. The third kappa shape index (κ3) is 4.13. The Morgan fingerprint density at radius 1 is 1.42 bits per heavy atom. The van der Waals surface area contributed by atoms with Gasteiger partial charge in [-0.15, -0.1) is 0 Å². The zero-order valence-corrected chi connectivity index (χ0v) is 11.3. The molecule has 1 aromatic rings. The molecule has 1 aromatic carbocycles. The van der Waals surface area contributed by atoms with Gasteiger partial charge in [0, 0.05) is 5.56 Å². The number of aryl methyl sites for hydroxylation is 1. The first kappa shape index (κ1) is 15.3. The van der Waals surface area contributed by atoms with E-state index in [1.54, 1.807) is 20.9 Å². The van der Waals surface area contributed by atoms with Crippen molar-refractivity contribution in [2.45, 2.75) is 26.3 Å². The molecule has 0 saturated carbocycles. The molecule has 1 N–H and O–H groups in total. The zero-order valence-electron chi connectivity index (χ0n) is 11.3. The number of carbonyl (C=O) groups excluding carboxylic acids is 2. The van der Waals surface area contributed by atoms with Crippen molar-refractivity contribution < 1.29 is 18.7 Å². The number of likely N-dealkylation sites (N-methyl/N-ethyl adjacent to an activating group) is 1. The molecule has 0 saturated heterocycles. The lowest BCUT2D eigenvalue weighted by atomic mass is 10.00. The molecule has 0 aliphatic heterocycles.